The van der Waals surface area contributed by atoms with Crippen LogP contribution in [0, 0.1) is 0 Å². The van der Waals surface area contributed by atoms with Gasteiger partial charge in [-0.2, -0.15) is 0 Å². The molecule has 1 heterocycles. The van der Waals surface area contributed by atoms with Crippen LogP contribution >= 0.6 is 15.9 Å². The second-order valence-electron chi connectivity index (χ2n) is 4.52. The van der Waals surface area contributed by atoms with E-state index in [0.717, 1.165) is 19.6 Å². The van der Waals surface area contributed by atoms with Crippen molar-refractivity contribution < 1.29 is 0 Å². The minimum atomic E-state index is 0.495. The largest absolute Gasteiger partial charge is 0.314 e. The Balaban J connectivity index is 2.14. The highest BCUT2D eigenvalue weighted by Crippen LogP contribution is 2.25. The van der Waals surface area contributed by atoms with Crippen LogP contribution in [-0.4, -0.2) is 30.6 Å². The molecular weight excluding hydrogens is 264 g/mol. The second kappa shape index (κ2) is 5.30. The van der Waals surface area contributed by atoms with Crippen molar-refractivity contribution in [3.63, 3.8) is 0 Å². The quantitative estimate of drug-likeness (QED) is 0.898. The van der Waals surface area contributed by atoms with Gasteiger partial charge in [-0.25, -0.2) is 0 Å². The number of piperazine rings is 1. The molecule has 1 aromatic carbocycles. The van der Waals surface area contributed by atoms with Crippen LogP contribution in [-0.2, 0) is 0 Å². The number of nitrogens with one attached hydrogen (secondary N) is 1. The molecule has 0 amide bonds. The van der Waals surface area contributed by atoms with Crippen LogP contribution < -0.4 is 5.32 Å². The van der Waals surface area contributed by atoms with Gasteiger partial charge in [0.2, 0.25) is 0 Å². The third kappa shape index (κ3) is 2.65. The first-order chi connectivity index (χ1) is 7.68. The van der Waals surface area contributed by atoms with Crippen molar-refractivity contribution >= 4 is 15.9 Å². The summed E-state index contributed by atoms with van der Waals surface area (Å²) in [5.74, 6) is 0. The third-order valence-electron chi connectivity index (χ3n) is 3.38. The summed E-state index contributed by atoms with van der Waals surface area (Å²) in [6, 6.07) is 9.74. The molecule has 0 aliphatic carbocycles. The summed E-state index contributed by atoms with van der Waals surface area (Å²) in [4.78, 5) is 2.57. The van der Waals surface area contributed by atoms with Crippen LogP contribution in [0.2, 0.25) is 0 Å². The highest BCUT2D eigenvalue weighted by molar-refractivity contribution is 9.10. The van der Waals surface area contributed by atoms with Gasteiger partial charge >= 0.3 is 0 Å². The van der Waals surface area contributed by atoms with Crippen molar-refractivity contribution in [1.82, 2.24) is 10.2 Å². The number of hydrogen-bond donors (Lipinski definition) is 1. The van der Waals surface area contributed by atoms with Gasteiger partial charge in [0.1, 0.15) is 0 Å². The van der Waals surface area contributed by atoms with Crippen molar-refractivity contribution in [2.45, 2.75) is 25.9 Å². The van der Waals surface area contributed by atoms with E-state index in [-0.39, 0.29) is 0 Å². The van der Waals surface area contributed by atoms with E-state index in [9.17, 15) is 0 Å². The lowest BCUT2D eigenvalue weighted by molar-refractivity contribution is 0.126. The van der Waals surface area contributed by atoms with Gasteiger partial charge in [-0.15, -0.1) is 0 Å². The summed E-state index contributed by atoms with van der Waals surface area (Å²) in [5, 5.41) is 3.43. The molecule has 2 nitrogen and oxygen atoms in total. The number of rotatable bonds is 2. The van der Waals surface area contributed by atoms with E-state index < -0.39 is 0 Å². The van der Waals surface area contributed by atoms with Crippen molar-refractivity contribution in [1.29, 1.82) is 0 Å². The average Bonchev–Trinajstić information content (AvgIpc) is 2.29. The van der Waals surface area contributed by atoms with Gasteiger partial charge in [-0.05, 0) is 31.5 Å². The Morgan fingerprint density at radius 3 is 3.00 bits per heavy atom. The summed E-state index contributed by atoms with van der Waals surface area (Å²) in [6.45, 7) is 7.92. The molecule has 2 unspecified atom stereocenters. The second-order valence-corrected chi connectivity index (χ2v) is 5.44. The Bertz CT molecular complexity index is 354. The van der Waals surface area contributed by atoms with Gasteiger partial charge in [0, 0.05) is 36.2 Å². The van der Waals surface area contributed by atoms with Crippen LogP contribution in [0.1, 0.15) is 25.5 Å². The molecule has 16 heavy (non-hydrogen) atoms. The predicted octanol–water partition coefficient (Wildman–Crippen LogP) is 2.80. The molecule has 1 fully saturated rings. The summed E-state index contributed by atoms with van der Waals surface area (Å²) in [7, 11) is 0. The van der Waals surface area contributed by atoms with E-state index in [0.29, 0.717) is 12.1 Å². The third-order valence-corrected chi connectivity index (χ3v) is 3.87. The van der Waals surface area contributed by atoms with Crippen LogP contribution in [0.5, 0.6) is 0 Å². The molecule has 1 aromatic rings. The Labute approximate surface area is 106 Å². The van der Waals surface area contributed by atoms with Gasteiger partial charge in [0.25, 0.3) is 0 Å². The van der Waals surface area contributed by atoms with E-state index in [1.807, 2.05) is 0 Å². The zero-order chi connectivity index (χ0) is 11.5. The van der Waals surface area contributed by atoms with Crippen molar-refractivity contribution in [2.24, 2.45) is 0 Å². The molecule has 1 N–H and O–H groups in total. The Hall–Kier alpha value is -0.380. The fourth-order valence-corrected chi connectivity index (χ4v) is 2.81. The maximum absolute atomic E-state index is 3.54. The SMILES string of the molecule is CC1CNCCN1C(C)c1cccc(Br)c1. The number of hydrogen-bond acceptors (Lipinski definition) is 2. The molecule has 1 saturated heterocycles. The van der Waals surface area contributed by atoms with Gasteiger partial charge in [0.15, 0.2) is 0 Å². The first-order valence-electron chi connectivity index (χ1n) is 5.90. The Morgan fingerprint density at radius 2 is 2.31 bits per heavy atom. The lowest BCUT2D eigenvalue weighted by Gasteiger charge is -2.38. The predicted molar refractivity (Wildman–Crippen MR) is 71.6 cm³/mol. The van der Waals surface area contributed by atoms with Crippen molar-refractivity contribution in [3.8, 4) is 0 Å². The maximum atomic E-state index is 3.54. The van der Waals surface area contributed by atoms with Gasteiger partial charge in [0.05, 0.1) is 0 Å². The molecule has 88 valence electrons. The topological polar surface area (TPSA) is 15.3 Å². The van der Waals surface area contributed by atoms with Crippen molar-refractivity contribution in [2.75, 3.05) is 19.6 Å². The van der Waals surface area contributed by atoms with Crippen LogP contribution in [0.15, 0.2) is 28.7 Å². The number of benzene rings is 1. The zero-order valence-corrected chi connectivity index (χ0v) is 11.5. The lowest BCUT2D eigenvalue weighted by Crippen LogP contribution is -2.50. The van der Waals surface area contributed by atoms with Crippen LogP contribution in [0.25, 0.3) is 0 Å². The summed E-state index contributed by atoms with van der Waals surface area (Å²) < 4.78 is 1.17. The molecule has 0 saturated carbocycles. The van der Waals surface area contributed by atoms with E-state index >= 15 is 0 Å². The molecule has 2 rings (SSSR count). The van der Waals surface area contributed by atoms with Crippen LogP contribution in [0.3, 0.4) is 0 Å². The minimum Gasteiger partial charge on any atom is -0.314 e. The standard InChI is InChI=1S/C13H19BrN2/c1-10-9-15-6-7-16(10)11(2)12-4-3-5-13(14)8-12/h3-5,8,10-11,15H,6-7,9H2,1-2H3. The lowest BCUT2D eigenvalue weighted by atomic mass is 10.0. The summed E-state index contributed by atoms with van der Waals surface area (Å²) >= 11 is 3.54. The Kier molecular flexibility index (Phi) is 4.00. The highest BCUT2D eigenvalue weighted by atomic mass is 79.9. The first kappa shape index (κ1) is 12.1. The highest BCUT2D eigenvalue weighted by Gasteiger charge is 2.23. The van der Waals surface area contributed by atoms with E-state index in [1.54, 1.807) is 0 Å². The van der Waals surface area contributed by atoms with Crippen LogP contribution in [0.4, 0.5) is 0 Å². The normalized spacial score (nSPS) is 24.3. The number of nitrogens with zero attached hydrogens (tertiary/aromatic N) is 1. The van der Waals surface area contributed by atoms with E-state index in [1.165, 1.54) is 10.0 Å². The van der Waals surface area contributed by atoms with Gasteiger partial charge < -0.3 is 5.32 Å². The average molecular weight is 283 g/mol. The molecule has 0 aromatic heterocycles. The van der Waals surface area contributed by atoms with Gasteiger partial charge in [-0.1, -0.05) is 28.1 Å². The molecular formula is C13H19BrN2. The van der Waals surface area contributed by atoms with E-state index in [2.05, 4.69) is 64.3 Å². The maximum Gasteiger partial charge on any atom is 0.0324 e. The number of halogens is 1. The molecule has 0 bridgehead atoms. The molecule has 3 heteroatoms. The Morgan fingerprint density at radius 1 is 1.50 bits per heavy atom. The fourth-order valence-electron chi connectivity index (χ4n) is 2.39. The van der Waals surface area contributed by atoms with E-state index in [4.69, 9.17) is 0 Å². The van der Waals surface area contributed by atoms with Gasteiger partial charge in [-0.3, -0.25) is 4.90 Å². The first-order valence-corrected chi connectivity index (χ1v) is 6.69. The summed E-state index contributed by atoms with van der Waals surface area (Å²) in [6.07, 6.45) is 0. The van der Waals surface area contributed by atoms with Crippen molar-refractivity contribution in [3.05, 3.63) is 34.3 Å². The minimum absolute atomic E-state index is 0.495. The fraction of sp³-hybridized carbons (Fsp3) is 0.538. The summed E-state index contributed by atoms with van der Waals surface area (Å²) in [5.41, 5.74) is 1.39. The monoisotopic (exact) mass is 282 g/mol. The molecule has 2 atom stereocenters. The smallest absolute Gasteiger partial charge is 0.0324 e. The molecule has 0 spiro atoms. The molecule has 0 radical (unpaired) electrons. The zero-order valence-electron chi connectivity index (χ0n) is 9.91. The molecule has 1 aliphatic heterocycles. The molecule has 1 aliphatic rings.